The van der Waals surface area contributed by atoms with Crippen molar-refractivity contribution >= 4 is 5.97 Å². The van der Waals surface area contributed by atoms with Crippen LogP contribution in [0, 0.1) is 11.3 Å². The van der Waals surface area contributed by atoms with E-state index in [-0.39, 0.29) is 11.3 Å². The Balaban J connectivity index is 4.17. The van der Waals surface area contributed by atoms with Crippen LogP contribution in [0.15, 0.2) is 0 Å². The van der Waals surface area contributed by atoms with Crippen LogP contribution in [0.4, 0.5) is 0 Å². The molecule has 23 heavy (non-hydrogen) atoms. The molecule has 0 saturated carbocycles. The summed E-state index contributed by atoms with van der Waals surface area (Å²) in [6, 6.07) is 0. The molecule has 0 aromatic heterocycles. The minimum Gasteiger partial charge on any atom is -0.247 e. The summed E-state index contributed by atoms with van der Waals surface area (Å²) in [6.07, 6.45) is 17.3. The molecule has 0 rings (SSSR count). The number of hydrogen-bond acceptors (Lipinski definition) is 1. The molecule has 0 aliphatic carbocycles. The second-order valence-electron chi connectivity index (χ2n) is 7.73. The number of carbonyl (C=O) groups is 1. The zero-order valence-corrected chi connectivity index (χ0v) is 16.3. The van der Waals surface area contributed by atoms with E-state index in [1.54, 1.807) is 0 Å². The molecule has 0 aromatic carbocycles. The van der Waals surface area contributed by atoms with Crippen molar-refractivity contribution in [3.05, 3.63) is 0 Å². The Kier molecular flexibility index (Phi) is 13.5. The first kappa shape index (κ1) is 22.5. The van der Waals surface area contributed by atoms with Crippen LogP contribution in [0.5, 0.6) is 0 Å². The molecular formula is C21H41O2. The average molecular weight is 326 g/mol. The highest BCUT2D eigenvalue weighted by molar-refractivity contribution is 5.70. The van der Waals surface area contributed by atoms with Gasteiger partial charge in [-0.15, -0.1) is 0 Å². The van der Waals surface area contributed by atoms with Gasteiger partial charge in [-0.25, -0.2) is 9.90 Å². The van der Waals surface area contributed by atoms with E-state index in [0.29, 0.717) is 0 Å². The van der Waals surface area contributed by atoms with Crippen molar-refractivity contribution < 1.29 is 9.90 Å². The molecule has 1 radical (unpaired) electrons. The Labute approximate surface area is 145 Å². The zero-order valence-electron chi connectivity index (χ0n) is 16.3. The van der Waals surface area contributed by atoms with Crippen LogP contribution in [0.3, 0.4) is 0 Å². The standard InChI is InChI=1S/C21H41O2/c1-5-7-9-11-13-15-17-21(4,19(3)20(22)23)18-16-14-12-10-8-6-2/h19H,5-18H2,1-4H3. The lowest BCUT2D eigenvalue weighted by atomic mass is 9.70. The van der Waals surface area contributed by atoms with Crippen molar-refractivity contribution in [2.45, 2.75) is 118 Å². The maximum absolute atomic E-state index is 11.4. The van der Waals surface area contributed by atoms with E-state index in [1.165, 1.54) is 64.2 Å². The summed E-state index contributed by atoms with van der Waals surface area (Å²) in [7, 11) is 0. The smallest absolute Gasteiger partial charge is 0.247 e. The zero-order chi connectivity index (χ0) is 17.6. The van der Waals surface area contributed by atoms with Gasteiger partial charge in [-0.2, -0.15) is 0 Å². The van der Waals surface area contributed by atoms with Crippen molar-refractivity contribution in [2.75, 3.05) is 0 Å². The molecule has 137 valence electrons. The molecular weight excluding hydrogens is 284 g/mol. The van der Waals surface area contributed by atoms with Crippen LogP contribution in [-0.4, -0.2) is 5.97 Å². The van der Waals surface area contributed by atoms with Gasteiger partial charge in [0.2, 0.25) is 0 Å². The summed E-state index contributed by atoms with van der Waals surface area (Å²) >= 11 is 0. The van der Waals surface area contributed by atoms with Gasteiger partial charge in [-0.1, -0.05) is 105 Å². The second kappa shape index (κ2) is 13.9. The maximum atomic E-state index is 11.4. The average Bonchev–Trinajstić information content (AvgIpc) is 2.53. The predicted molar refractivity (Wildman–Crippen MR) is 99.0 cm³/mol. The van der Waals surface area contributed by atoms with Crippen LogP contribution >= 0.6 is 0 Å². The van der Waals surface area contributed by atoms with E-state index in [1.807, 2.05) is 6.92 Å². The number of carbonyl (C=O) groups excluding carboxylic acids is 1. The summed E-state index contributed by atoms with van der Waals surface area (Å²) in [6.45, 7) is 8.49. The third-order valence-corrected chi connectivity index (χ3v) is 5.60. The number of hydrogen-bond donors (Lipinski definition) is 0. The Morgan fingerprint density at radius 1 is 0.739 bits per heavy atom. The molecule has 0 amide bonds. The molecule has 1 unspecified atom stereocenters. The van der Waals surface area contributed by atoms with Crippen LogP contribution in [-0.2, 0) is 9.90 Å². The largest absolute Gasteiger partial charge is 0.358 e. The fourth-order valence-corrected chi connectivity index (χ4v) is 3.46. The quantitative estimate of drug-likeness (QED) is 0.279. The van der Waals surface area contributed by atoms with Crippen LogP contribution in [0.2, 0.25) is 0 Å². The SMILES string of the molecule is CCCCCCCCC(C)(CCCCCCCC)C(C)C([O])=O. The summed E-state index contributed by atoms with van der Waals surface area (Å²) in [5, 5.41) is 11.4. The first-order chi connectivity index (χ1) is 11.0. The van der Waals surface area contributed by atoms with Crippen LogP contribution in [0.1, 0.15) is 118 Å². The highest BCUT2D eigenvalue weighted by Crippen LogP contribution is 2.39. The predicted octanol–water partition coefficient (Wildman–Crippen LogP) is 7.09. The van der Waals surface area contributed by atoms with Gasteiger partial charge in [0, 0.05) is 0 Å². The molecule has 0 aliphatic rings. The van der Waals surface area contributed by atoms with Crippen molar-refractivity contribution in [2.24, 2.45) is 11.3 Å². The van der Waals surface area contributed by atoms with Gasteiger partial charge in [0.1, 0.15) is 0 Å². The van der Waals surface area contributed by atoms with Gasteiger partial charge >= 0.3 is 5.97 Å². The van der Waals surface area contributed by atoms with Gasteiger partial charge in [-0.05, 0) is 18.3 Å². The molecule has 0 N–H and O–H groups in total. The van der Waals surface area contributed by atoms with E-state index >= 15 is 0 Å². The van der Waals surface area contributed by atoms with Gasteiger partial charge in [-0.3, -0.25) is 0 Å². The number of unbranched alkanes of at least 4 members (excludes halogenated alkanes) is 10. The minimum absolute atomic E-state index is 0.0889. The molecule has 0 aliphatic heterocycles. The van der Waals surface area contributed by atoms with E-state index in [0.717, 1.165) is 25.7 Å². The third kappa shape index (κ3) is 10.8. The molecule has 0 bridgehead atoms. The molecule has 0 spiro atoms. The van der Waals surface area contributed by atoms with Gasteiger partial charge < -0.3 is 0 Å². The molecule has 0 saturated heterocycles. The van der Waals surface area contributed by atoms with Crippen molar-refractivity contribution in [3.63, 3.8) is 0 Å². The third-order valence-electron chi connectivity index (χ3n) is 5.60. The first-order valence-corrected chi connectivity index (χ1v) is 10.2. The van der Waals surface area contributed by atoms with E-state index in [4.69, 9.17) is 0 Å². The Bertz CT molecular complexity index is 270. The first-order valence-electron chi connectivity index (χ1n) is 10.2. The Hall–Kier alpha value is -0.530. The molecule has 0 heterocycles. The summed E-state index contributed by atoms with van der Waals surface area (Å²) in [5.41, 5.74) is -0.0889. The summed E-state index contributed by atoms with van der Waals surface area (Å²) in [4.78, 5) is 11.4. The van der Waals surface area contributed by atoms with Crippen molar-refractivity contribution in [3.8, 4) is 0 Å². The Morgan fingerprint density at radius 2 is 1.09 bits per heavy atom. The molecule has 0 aromatic rings. The van der Waals surface area contributed by atoms with Crippen LogP contribution in [0.25, 0.3) is 0 Å². The lowest BCUT2D eigenvalue weighted by Crippen LogP contribution is -2.31. The lowest BCUT2D eigenvalue weighted by molar-refractivity contribution is -0.152. The monoisotopic (exact) mass is 325 g/mol. The van der Waals surface area contributed by atoms with Crippen molar-refractivity contribution in [1.29, 1.82) is 0 Å². The second-order valence-corrected chi connectivity index (χ2v) is 7.73. The van der Waals surface area contributed by atoms with E-state index < -0.39 is 5.97 Å². The highest BCUT2D eigenvalue weighted by atomic mass is 16.4. The Morgan fingerprint density at radius 3 is 1.43 bits per heavy atom. The van der Waals surface area contributed by atoms with Gasteiger partial charge in [0.15, 0.2) is 0 Å². The topological polar surface area (TPSA) is 37.0 Å². The molecule has 1 atom stereocenters. The minimum atomic E-state index is -0.871. The summed E-state index contributed by atoms with van der Waals surface area (Å²) in [5.74, 6) is -1.21. The van der Waals surface area contributed by atoms with Gasteiger partial charge in [0.05, 0.1) is 5.92 Å². The molecule has 2 heteroatoms. The van der Waals surface area contributed by atoms with Crippen LogP contribution < -0.4 is 0 Å². The van der Waals surface area contributed by atoms with Gasteiger partial charge in [0.25, 0.3) is 0 Å². The lowest BCUT2D eigenvalue weighted by Gasteiger charge is -2.33. The normalized spacial score (nSPS) is 13.2. The van der Waals surface area contributed by atoms with E-state index in [2.05, 4.69) is 20.8 Å². The van der Waals surface area contributed by atoms with Crippen molar-refractivity contribution in [1.82, 2.24) is 0 Å². The summed E-state index contributed by atoms with van der Waals surface area (Å²) < 4.78 is 0. The number of rotatable bonds is 16. The molecule has 0 fully saturated rings. The fraction of sp³-hybridized carbons (Fsp3) is 0.952. The maximum Gasteiger partial charge on any atom is 0.358 e. The molecule has 2 nitrogen and oxygen atoms in total. The fourth-order valence-electron chi connectivity index (χ4n) is 3.46. The highest BCUT2D eigenvalue weighted by Gasteiger charge is 2.35. The van der Waals surface area contributed by atoms with E-state index in [9.17, 15) is 9.90 Å².